The van der Waals surface area contributed by atoms with Gasteiger partial charge >= 0.3 is 6.01 Å². The smallest absolute Gasteiger partial charge is 0.323 e. The van der Waals surface area contributed by atoms with Crippen LogP contribution in [-0.2, 0) is 6.42 Å². The standard InChI is InChI=1S/C25H30N8O/c1-3-14-33(15-4-2)24-29-23(30-25(31-24)34-16-12-20-9-7-8-13-26-20)32-28-18-19-17-27-22-11-6-5-10-21(19)22/h5-11,13,17-18,27H,3-4,12,14-16H2,1-2H3,(H,29,30,31,32)/b28-18+. The van der Waals surface area contributed by atoms with Gasteiger partial charge in [-0.2, -0.15) is 20.1 Å². The van der Waals surface area contributed by atoms with Crippen molar-refractivity contribution in [1.82, 2.24) is 24.9 Å². The summed E-state index contributed by atoms with van der Waals surface area (Å²) >= 11 is 0. The van der Waals surface area contributed by atoms with Crippen LogP contribution >= 0.6 is 0 Å². The van der Waals surface area contributed by atoms with E-state index in [1.165, 1.54) is 0 Å². The zero-order valence-corrected chi connectivity index (χ0v) is 19.6. The Hall–Kier alpha value is -4.01. The summed E-state index contributed by atoms with van der Waals surface area (Å²) in [6, 6.07) is 14.2. The van der Waals surface area contributed by atoms with Gasteiger partial charge < -0.3 is 14.6 Å². The van der Waals surface area contributed by atoms with Gasteiger partial charge in [-0.15, -0.1) is 0 Å². The minimum absolute atomic E-state index is 0.267. The second kappa shape index (κ2) is 11.7. The first-order chi connectivity index (χ1) is 16.8. The topological polar surface area (TPSA) is 104 Å². The molecule has 0 aliphatic rings. The lowest BCUT2D eigenvalue weighted by molar-refractivity contribution is 0.294. The lowest BCUT2D eigenvalue weighted by atomic mass is 10.2. The van der Waals surface area contributed by atoms with Gasteiger partial charge in [-0.25, -0.2) is 5.43 Å². The fraction of sp³-hybridized carbons (Fsp3) is 0.320. The quantitative estimate of drug-likeness (QED) is 0.239. The number of ether oxygens (including phenoxy) is 1. The predicted molar refractivity (Wildman–Crippen MR) is 136 cm³/mol. The molecule has 34 heavy (non-hydrogen) atoms. The van der Waals surface area contributed by atoms with Crippen LogP contribution in [0.25, 0.3) is 10.9 Å². The highest BCUT2D eigenvalue weighted by atomic mass is 16.5. The van der Waals surface area contributed by atoms with Crippen molar-refractivity contribution in [3.63, 3.8) is 0 Å². The average Bonchev–Trinajstić information content (AvgIpc) is 3.28. The second-order valence-electron chi connectivity index (χ2n) is 7.81. The van der Waals surface area contributed by atoms with Crippen molar-refractivity contribution in [2.24, 2.45) is 5.10 Å². The third-order valence-electron chi connectivity index (χ3n) is 5.18. The number of nitrogens with zero attached hydrogens (tertiary/aromatic N) is 6. The van der Waals surface area contributed by atoms with Crippen molar-refractivity contribution in [3.05, 3.63) is 66.1 Å². The molecule has 4 aromatic rings. The van der Waals surface area contributed by atoms with Crippen molar-refractivity contribution >= 4 is 29.0 Å². The molecule has 0 saturated carbocycles. The number of hydrazone groups is 1. The average molecular weight is 459 g/mol. The van der Waals surface area contributed by atoms with Gasteiger partial charge in [0, 0.05) is 54.1 Å². The van der Waals surface area contributed by atoms with Crippen LogP contribution in [0, 0.1) is 0 Å². The third kappa shape index (κ3) is 6.06. The molecule has 9 heteroatoms. The van der Waals surface area contributed by atoms with Crippen LogP contribution in [-0.4, -0.2) is 50.8 Å². The molecule has 0 bridgehead atoms. The fourth-order valence-electron chi connectivity index (χ4n) is 3.61. The van der Waals surface area contributed by atoms with Gasteiger partial charge in [0.05, 0.1) is 12.8 Å². The fourth-order valence-corrected chi connectivity index (χ4v) is 3.61. The first-order valence-electron chi connectivity index (χ1n) is 11.7. The summed E-state index contributed by atoms with van der Waals surface area (Å²) in [6.45, 7) is 6.39. The van der Waals surface area contributed by atoms with Gasteiger partial charge in [0.25, 0.3) is 5.95 Å². The first-order valence-corrected chi connectivity index (χ1v) is 11.7. The molecule has 3 aromatic heterocycles. The molecule has 4 rings (SSSR count). The molecule has 3 heterocycles. The number of anilines is 2. The number of aromatic amines is 1. The summed E-state index contributed by atoms with van der Waals surface area (Å²) in [5.74, 6) is 0.919. The van der Waals surface area contributed by atoms with Crippen molar-refractivity contribution in [3.8, 4) is 6.01 Å². The van der Waals surface area contributed by atoms with Crippen LogP contribution in [0.5, 0.6) is 6.01 Å². The monoisotopic (exact) mass is 458 g/mol. The molecule has 0 spiro atoms. The van der Waals surface area contributed by atoms with Crippen LogP contribution in [0.1, 0.15) is 37.9 Å². The summed E-state index contributed by atoms with van der Waals surface area (Å²) in [7, 11) is 0. The molecule has 1 aromatic carbocycles. The SMILES string of the molecule is CCCN(CCC)c1nc(N/N=C/c2c[nH]c3ccccc23)nc(OCCc2ccccn2)n1. The number of para-hydroxylation sites is 1. The van der Waals surface area contributed by atoms with E-state index in [1.807, 2.05) is 42.6 Å². The van der Waals surface area contributed by atoms with Crippen molar-refractivity contribution in [1.29, 1.82) is 0 Å². The van der Waals surface area contributed by atoms with Crippen molar-refractivity contribution in [2.45, 2.75) is 33.1 Å². The molecule has 0 aliphatic carbocycles. The largest absolute Gasteiger partial charge is 0.463 e. The minimum Gasteiger partial charge on any atom is -0.463 e. The maximum absolute atomic E-state index is 5.88. The number of fused-ring (bicyclic) bond motifs is 1. The van der Waals surface area contributed by atoms with E-state index >= 15 is 0 Å². The Balaban J connectivity index is 1.51. The highest BCUT2D eigenvalue weighted by Crippen LogP contribution is 2.18. The third-order valence-corrected chi connectivity index (χ3v) is 5.18. The van der Waals surface area contributed by atoms with E-state index in [2.05, 4.69) is 60.3 Å². The Kier molecular flexibility index (Phi) is 7.99. The summed E-state index contributed by atoms with van der Waals surface area (Å²) in [6.07, 6.45) is 8.09. The number of hydrogen-bond acceptors (Lipinski definition) is 8. The molecule has 0 unspecified atom stereocenters. The van der Waals surface area contributed by atoms with Crippen LogP contribution in [0.3, 0.4) is 0 Å². The number of pyridine rings is 1. The highest BCUT2D eigenvalue weighted by molar-refractivity contribution is 5.99. The number of rotatable bonds is 12. The van der Waals surface area contributed by atoms with E-state index < -0.39 is 0 Å². The first kappa shape index (κ1) is 23.2. The molecule has 0 saturated heterocycles. The van der Waals surface area contributed by atoms with E-state index in [0.717, 1.165) is 48.1 Å². The molecule has 0 atom stereocenters. The number of H-pyrrole nitrogens is 1. The highest BCUT2D eigenvalue weighted by Gasteiger charge is 2.14. The van der Waals surface area contributed by atoms with Crippen LogP contribution in [0.15, 0.2) is 60.0 Å². The maximum atomic E-state index is 5.88. The van der Waals surface area contributed by atoms with Gasteiger partial charge in [0.2, 0.25) is 5.95 Å². The van der Waals surface area contributed by atoms with Gasteiger partial charge in [0.15, 0.2) is 0 Å². The Morgan fingerprint density at radius 2 is 1.85 bits per heavy atom. The molecule has 9 nitrogen and oxygen atoms in total. The Morgan fingerprint density at radius 1 is 1.03 bits per heavy atom. The van der Waals surface area contributed by atoms with E-state index in [9.17, 15) is 0 Å². The summed E-state index contributed by atoms with van der Waals surface area (Å²) in [4.78, 5) is 23.3. The Labute approximate surface area is 199 Å². The number of aromatic nitrogens is 5. The molecule has 0 fully saturated rings. The van der Waals surface area contributed by atoms with Gasteiger partial charge in [-0.3, -0.25) is 4.98 Å². The number of hydrogen-bond donors (Lipinski definition) is 2. The zero-order valence-electron chi connectivity index (χ0n) is 19.6. The molecule has 0 amide bonds. The van der Waals surface area contributed by atoms with Crippen LogP contribution < -0.4 is 15.1 Å². The molecule has 176 valence electrons. The normalized spacial score (nSPS) is 11.2. The number of benzene rings is 1. The van der Waals surface area contributed by atoms with Crippen LogP contribution in [0.2, 0.25) is 0 Å². The van der Waals surface area contributed by atoms with E-state index in [1.54, 1.807) is 12.4 Å². The van der Waals surface area contributed by atoms with Crippen LogP contribution in [0.4, 0.5) is 11.9 Å². The summed E-state index contributed by atoms with van der Waals surface area (Å²) in [5, 5.41) is 5.46. The minimum atomic E-state index is 0.267. The second-order valence-corrected chi connectivity index (χ2v) is 7.81. The van der Waals surface area contributed by atoms with E-state index in [-0.39, 0.29) is 6.01 Å². The maximum Gasteiger partial charge on any atom is 0.323 e. The predicted octanol–water partition coefficient (Wildman–Crippen LogP) is 4.44. The van der Waals surface area contributed by atoms with E-state index in [4.69, 9.17) is 4.74 Å². The Morgan fingerprint density at radius 3 is 2.65 bits per heavy atom. The lowest BCUT2D eigenvalue weighted by Gasteiger charge is -2.21. The van der Waals surface area contributed by atoms with Crippen molar-refractivity contribution < 1.29 is 4.74 Å². The summed E-state index contributed by atoms with van der Waals surface area (Å²) in [5.41, 5.74) is 5.94. The molecular formula is C25H30N8O. The van der Waals surface area contributed by atoms with E-state index in [0.29, 0.717) is 24.9 Å². The number of nitrogens with one attached hydrogen (secondary N) is 2. The zero-order chi connectivity index (χ0) is 23.6. The van der Waals surface area contributed by atoms with Gasteiger partial charge in [-0.05, 0) is 31.0 Å². The van der Waals surface area contributed by atoms with Gasteiger partial charge in [-0.1, -0.05) is 38.1 Å². The molecular weight excluding hydrogens is 428 g/mol. The molecule has 0 radical (unpaired) electrons. The summed E-state index contributed by atoms with van der Waals surface area (Å²) < 4.78 is 5.88. The molecule has 2 N–H and O–H groups in total. The Bertz CT molecular complexity index is 1200. The van der Waals surface area contributed by atoms with Gasteiger partial charge in [0.1, 0.15) is 0 Å². The lowest BCUT2D eigenvalue weighted by Crippen LogP contribution is -2.27. The van der Waals surface area contributed by atoms with Crippen molar-refractivity contribution in [2.75, 3.05) is 30.0 Å². The molecule has 0 aliphatic heterocycles.